The lowest BCUT2D eigenvalue weighted by Gasteiger charge is -2.32. The number of aliphatic imine (C=N–C) groups is 1. The summed E-state index contributed by atoms with van der Waals surface area (Å²) in [7, 11) is 6.08. The number of amidine groups is 1. The zero-order valence-corrected chi connectivity index (χ0v) is 15.6. The van der Waals surface area contributed by atoms with Gasteiger partial charge in [-0.1, -0.05) is 11.5 Å². The van der Waals surface area contributed by atoms with Crippen molar-refractivity contribution in [1.29, 1.82) is 0 Å². The largest absolute Gasteiger partial charge is 0.463 e. The van der Waals surface area contributed by atoms with Gasteiger partial charge in [0.1, 0.15) is 19.7 Å². The quantitative estimate of drug-likeness (QED) is 0.603. The Hall–Kier alpha value is -2.48. The highest BCUT2D eigenvalue weighted by Crippen LogP contribution is 2.40. The molecular weight excluding hydrogens is 364 g/mol. The first kappa shape index (κ1) is 17.9. The molecule has 2 aliphatic heterocycles. The third-order valence-corrected chi connectivity index (χ3v) is 5.44. The molecule has 27 heavy (non-hydrogen) atoms. The molecule has 1 saturated heterocycles. The summed E-state index contributed by atoms with van der Waals surface area (Å²) in [6.07, 6.45) is 3.38. The molecule has 2 aromatic rings. The SMILES string of the molecule is [B]c1cc(F)ccc1C1N=C(c2nccs2)N2CCCC2=C1C(=O)OCC. The van der Waals surface area contributed by atoms with Crippen molar-refractivity contribution < 1.29 is 13.9 Å². The molecule has 0 spiro atoms. The van der Waals surface area contributed by atoms with Gasteiger partial charge in [0.25, 0.3) is 0 Å². The van der Waals surface area contributed by atoms with Crippen LogP contribution in [0.15, 0.2) is 46.0 Å². The maximum atomic E-state index is 13.6. The van der Waals surface area contributed by atoms with E-state index in [-0.39, 0.29) is 12.1 Å². The molecule has 2 radical (unpaired) electrons. The highest BCUT2D eigenvalue weighted by atomic mass is 32.1. The third-order valence-electron chi connectivity index (χ3n) is 4.67. The minimum atomic E-state index is -0.645. The predicted molar refractivity (Wildman–Crippen MR) is 103 cm³/mol. The van der Waals surface area contributed by atoms with E-state index < -0.39 is 17.8 Å². The molecule has 1 fully saturated rings. The first-order chi connectivity index (χ1) is 13.1. The molecule has 136 valence electrons. The number of allylic oxidation sites excluding steroid dienone is 1. The van der Waals surface area contributed by atoms with Crippen LogP contribution in [0, 0.1) is 5.82 Å². The summed E-state index contributed by atoms with van der Waals surface area (Å²) in [4.78, 5) is 24.1. The van der Waals surface area contributed by atoms with Gasteiger partial charge in [-0.3, -0.25) is 4.99 Å². The smallest absolute Gasteiger partial charge is 0.338 e. The van der Waals surface area contributed by atoms with Gasteiger partial charge in [-0.05, 0) is 37.5 Å². The molecule has 1 aromatic carbocycles. The minimum Gasteiger partial charge on any atom is -0.463 e. The van der Waals surface area contributed by atoms with Crippen LogP contribution in [-0.2, 0) is 9.53 Å². The van der Waals surface area contributed by atoms with E-state index in [1.54, 1.807) is 19.2 Å². The van der Waals surface area contributed by atoms with Crippen LogP contribution in [0.4, 0.5) is 4.39 Å². The van der Waals surface area contributed by atoms with Crippen molar-refractivity contribution in [3.05, 3.63) is 57.4 Å². The van der Waals surface area contributed by atoms with Crippen LogP contribution >= 0.6 is 11.3 Å². The van der Waals surface area contributed by atoms with E-state index >= 15 is 0 Å². The molecular formula is C19H17BFN3O2S. The van der Waals surface area contributed by atoms with Crippen LogP contribution in [-0.4, -0.2) is 42.7 Å². The van der Waals surface area contributed by atoms with Crippen LogP contribution < -0.4 is 5.46 Å². The zero-order valence-electron chi connectivity index (χ0n) is 14.8. The van der Waals surface area contributed by atoms with Crippen molar-refractivity contribution >= 4 is 36.5 Å². The number of hydrogen-bond donors (Lipinski definition) is 0. The Kier molecular flexibility index (Phi) is 4.82. The second-order valence-electron chi connectivity index (χ2n) is 6.30. The summed E-state index contributed by atoms with van der Waals surface area (Å²) in [6, 6.07) is 3.52. The molecule has 1 atom stereocenters. The van der Waals surface area contributed by atoms with Gasteiger partial charge in [-0.25, -0.2) is 14.2 Å². The third kappa shape index (κ3) is 3.18. The van der Waals surface area contributed by atoms with E-state index in [1.165, 1.54) is 23.5 Å². The number of carbonyl (C=O) groups is 1. The Morgan fingerprint density at radius 1 is 1.48 bits per heavy atom. The van der Waals surface area contributed by atoms with Gasteiger partial charge in [0, 0.05) is 23.8 Å². The molecule has 1 aromatic heterocycles. The molecule has 0 aliphatic carbocycles. The van der Waals surface area contributed by atoms with Crippen LogP contribution in [0.25, 0.3) is 0 Å². The topological polar surface area (TPSA) is 54.8 Å². The lowest BCUT2D eigenvalue weighted by molar-refractivity contribution is -0.139. The van der Waals surface area contributed by atoms with Gasteiger partial charge in [0.2, 0.25) is 0 Å². The number of benzene rings is 1. The average molecular weight is 381 g/mol. The fourth-order valence-electron chi connectivity index (χ4n) is 3.57. The summed E-state index contributed by atoms with van der Waals surface area (Å²) >= 11 is 1.49. The number of halogens is 1. The fourth-order valence-corrected chi connectivity index (χ4v) is 4.21. The molecule has 2 aliphatic rings. The number of aromatic nitrogens is 1. The van der Waals surface area contributed by atoms with Crippen molar-refractivity contribution in [2.45, 2.75) is 25.8 Å². The Balaban J connectivity index is 1.89. The molecule has 0 amide bonds. The summed E-state index contributed by atoms with van der Waals surface area (Å²) in [5, 5.41) is 2.67. The Bertz CT molecular complexity index is 942. The lowest BCUT2D eigenvalue weighted by atomic mass is 9.83. The molecule has 1 unspecified atom stereocenters. The normalized spacial score (nSPS) is 19.1. The maximum Gasteiger partial charge on any atom is 0.338 e. The number of carbonyl (C=O) groups excluding carboxylic acids is 1. The Labute approximate surface area is 162 Å². The van der Waals surface area contributed by atoms with Crippen molar-refractivity contribution in [2.75, 3.05) is 13.2 Å². The van der Waals surface area contributed by atoms with Gasteiger partial charge in [0.15, 0.2) is 10.8 Å². The van der Waals surface area contributed by atoms with Gasteiger partial charge in [-0.2, -0.15) is 0 Å². The summed E-state index contributed by atoms with van der Waals surface area (Å²) < 4.78 is 18.9. The Morgan fingerprint density at radius 2 is 2.33 bits per heavy atom. The summed E-state index contributed by atoms with van der Waals surface area (Å²) in [5.41, 5.74) is 2.22. The number of nitrogens with zero attached hydrogens (tertiary/aromatic N) is 3. The molecule has 8 heteroatoms. The summed E-state index contributed by atoms with van der Waals surface area (Å²) in [5.74, 6) is -0.113. The molecule has 3 heterocycles. The van der Waals surface area contributed by atoms with E-state index in [2.05, 4.69) is 4.98 Å². The van der Waals surface area contributed by atoms with E-state index in [1.807, 2.05) is 10.3 Å². The molecule has 0 saturated carbocycles. The van der Waals surface area contributed by atoms with E-state index in [4.69, 9.17) is 17.6 Å². The van der Waals surface area contributed by atoms with Gasteiger partial charge >= 0.3 is 5.97 Å². The van der Waals surface area contributed by atoms with Crippen LogP contribution in [0.2, 0.25) is 0 Å². The monoisotopic (exact) mass is 381 g/mol. The van der Waals surface area contributed by atoms with Gasteiger partial charge in [0.05, 0.1) is 12.2 Å². The van der Waals surface area contributed by atoms with Crippen molar-refractivity contribution in [3.8, 4) is 0 Å². The fraction of sp³-hybridized carbons (Fsp3) is 0.316. The minimum absolute atomic E-state index is 0.260. The van der Waals surface area contributed by atoms with Crippen molar-refractivity contribution in [2.24, 2.45) is 4.99 Å². The van der Waals surface area contributed by atoms with Crippen LogP contribution in [0.5, 0.6) is 0 Å². The molecule has 0 bridgehead atoms. The average Bonchev–Trinajstić information content (AvgIpc) is 3.32. The van der Waals surface area contributed by atoms with E-state index in [9.17, 15) is 9.18 Å². The van der Waals surface area contributed by atoms with Gasteiger partial charge in [-0.15, -0.1) is 11.3 Å². The zero-order chi connectivity index (χ0) is 19.0. The highest BCUT2D eigenvalue weighted by molar-refractivity contribution is 7.11. The predicted octanol–water partition coefficient (Wildman–Crippen LogP) is 2.49. The number of thiazole rings is 1. The standard InChI is InChI=1S/C19H17BFN3O2S/c1-2-26-19(25)15-14-4-3-8-24(14)17(18-22-7-9-27-18)23-16(15)12-6-5-11(21)10-13(12)20/h5-7,9-10,16H,2-4,8H2,1H3. The van der Waals surface area contributed by atoms with E-state index in [0.717, 1.165) is 35.9 Å². The number of rotatable bonds is 4. The maximum absolute atomic E-state index is 13.6. The lowest BCUT2D eigenvalue weighted by Crippen LogP contribution is -2.36. The molecule has 4 rings (SSSR count). The van der Waals surface area contributed by atoms with Crippen molar-refractivity contribution in [1.82, 2.24) is 9.88 Å². The number of esters is 1. The van der Waals surface area contributed by atoms with Gasteiger partial charge < -0.3 is 9.64 Å². The van der Waals surface area contributed by atoms with Crippen LogP contribution in [0.1, 0.15) is 36.4 Å². The summed E-state index contributed by atoms with van der Waals surface area (Å²) in [6.45, 7) is 2.80. The second kappa shape index (κ2) is 7.27. The number of ether oxygens (including phenoxy) is 1. The Morgan fingerprint density at radius 3 is 3.04 bits per heavy atom. The second-order valence-corrected chi connectivity index (χ2v) is 7.20. The molecule has 0 N–H and O–H groups in total. The first-order valence-corrected chi connectivity index (χ1v) is 9.68. The first-order valence-electron chi connectivity index (χ1n) is 8.80. The highest BCUT2D eigenvalue weighted by Gasteiger charge is 2.39. The van der Waals surface area contributed by atoms with Crippen molar-refractivity contribution in [3.63, 3.8) is 0 Å². The number of hydrogen-bond acceptors (Lipinski definition) is 6. The molecule has 5 nitrogen and oxygen atoms in total. The van der Waals surface area contributed by atoms with E-state index in [0.29, 0.717) is 11.1 Å². The van der Waals surface area contributed by atoms with Crippen LogP contribution in [0.3, 0.4) is 0 Å². The number of fused-ring (bicyclic) bond motifs is 1.